The van der Waals surface area contributed by atoms with E-state index >= 15 is 0 Å². The van der Waals surface area contributed by atoms with Crippen LogP contribution in [0.1, 0.15) is 23.2 Å². The molecule has 0 radical (unpaired) electrons. The van der Waals surface area contributed by atoms with E-state index in [1.807, 2.05) is 31.2 Å². The minimum Gasteiger partial charge on any atom is -0.494 e. The molecule has 1 heterocycles. The number of hydrogen-bond acceptors (Lipinski definition) is 4. The second-order valence-corrected chi connectivity index (χ2v) is 3.82. The lowest BCUT2D eigenvalue weighted by Gasteiger charge is -2.06. The fraction of sp³-hybridized carbons (Fsp3) is 0.214. The number of carbonyl (C=O) groups is 1. The summed E-state index contributed by atoms with van der Waals surface area (Å²) in [6, 6.07) is 10.5. The smallest absolute Gasteiger partial charge is 0.284 e. The molecule has 0 fully saturated rings. The van der Waals surface area contributed by atoms with Gasteiger partial charge in [0.2, 0.25) is 0 Å². The normalized spacial score (nSPS) is 10.2. The van der Waals surface area contributed by atoms with Gasteiger partial charge in [0, 0.05) is 0 Å². The second-order valence-electron chi connectivity index (χ2n) is 3.82. The number of rotatable bonds is 6. The van der Waals surface area contributed by atoms with Crippen molar-refractivity contribution in [3.63, 3.8) is 0 Å². The molecule has 0 saturated carbocycles. The van der Waals surface area contributed by atoms with Crippen molar-refractivity contribution in [1.82, 2.24) is 0 Å². The van der Waals surface area contributed by atoms with Crippen LogP contribution in [0.4, 0.5) is 0 Å². The van der Waals surface area contributed by atoms with E-state index in [1.165, 1.54) is 6.07 Å². The van der Waals surface area contributed by atoms with Crippen LogP contribution in [0.5, 0.6) is 11.5 Å². The van der Waals surface area contributed by atoms with Gasteiger partial charge in [-0.3, -0.25) is 4.79 Å². The molecule has 0 unspecified atom stereocenters. The van der Waals surface area contributed by atoms with Crippen LogP contribution in [0.25, 0.3) is 0 Å². The van der Waals surface area contributed by atoms with E-state index in [0.717, 1.165) is 5.75 Å². The van der Waals surface area contributed by atoms with Crippen LogP contribution in [-0.4, -0.2) is 12.5 Å². The number of ether oxygens (including phenoxy) is 2. The van der Waals surface area contributed by atoms with Crippen LogP contribution >= 0.6 is 0 Å². The Bertz CT molecular complexity index is 545. The molecule has 0 aliphatic heterocycles. The maximum absolute atomic E-state index is 10.9. The summed E-state index contributed by atoms with van der Waals surface area (Å²) >= 11 is 0. The minimum absolute atomic E-state index is 0.130. The van der Waals surface area contributed by atoms with E-state index < -0.39 is 5.91 Å². The van der Waals surface area contributed by atoms with Gasteiger partial charge in [-0.1, -0.05) is 0 Å². The molecule has 0 atom stereocenters. The summed E-state index contributed by atoms with van der Waals surface area (Å²) in [5.74, 6) is 1.57. The lowest BCUT2D eigenvalue weighted by atomic mass is 10.3. The summed E-state index contributed by atoms with van der Waals surface area (Å²) in [7, 11) is 0. The van der Waals surface area contributed by atoms with Crippen molar-refractivity contribution < 1.29 is 18.7 Å². The van der Waals surface area contributed by atoms with Crippen LogP contribution in [0.3, 0.4) is 0 Å². The largest absolute Gasteiger partial charge is 0.494 e. The van der Waals surface area contributed by atoms with Crippen molar-refractivity contribution in [2.45, 2.75) is 13.5 Å². The van der Waals surface area contributed by atoms with Crippen molar-refractivity contribution in [3.8, 4) is 11.5 Å². The topological polar surface area (TPSA) is 74.7 Å². The van der Waals surface area contributed by atoms with Crippen LogP contribution in [0.2, 0.25) is 0 Å². The number of benzene rings is 1. The number of furan rings is 1. The molecule has 0 bridgehead atoms. The molecular weight excluding hydrogens is 246 g/mol. The molecule has 0 aliphatic carbocycles. The first kappa shape index (κ1) is 13.0. The summed E-state index contributed by atoms with van der Waals surface area (Å²) in [4.78, 5) is 10.9. The van der Waals surface area contributed by atoms with Gasteiger partial charge in [-0.05, 0) is 43.3 Å². The van der Waals surface area contributed by atoms with Crippen molar-refractivity contribution in [2.24, 2.45) is 5.73 Å². The Morgan fingerprint density at radius 3 is 2.26 bits per heavy atom. The maximum atomic E-state index is 10.9. The van der Waals surface area contributed by atoms with Crippen LogP contribution < -0.4 is 15.2 Å². The number of primary amides is 1. The first-order valence-corrected chi connectivity index (χ1v) is 5.93. The Kier molecular flexibility index (Phi) is 4.07. The lowest BCUT2D eigenvalue weighted by molar-refractivity contribution is 0.0970. The highest BCUT2D eigenvalue weighted by Crippen LogP contribution is 2.19. The van der Waals surface area contributed by atoms with Gasteiger partial charge in [-0.25, -0.2) is 0 Å². The maximum Gasteiger partial charge on any atom is 0.284 e. The Balaban J connectivity index is 1.92. The average molecular weight is 261 g/mol. The number of hydrogen-bond donors (Lipinski definition) is 1. The Morgan fingerprint density at radius 2 is 1.74 bits per heavy atom. The molecule has 2 rings (SSSR count). The molecule has 19 heavy (non-hydrogen) atoms. The van der Waals surface area contributed by atoms with Gasteiger partial charge in [0.25, 0.3) is 5.91 Å². The second kappa shape index (κ2) is 5.95. The molecule has 100 valence electrons. The first-order chi connectivity index (χ1) is 9.19. The van der Waals surface area contributed by atoms with Gasteiger partial charge >= 0.3 is 0 Å². The highest BCUT2D eigenvalue weighted by Gasteiger charge is 2.07. The van der Waals surface area contributed by atoms with E-state index in [0.29, 0.717) is 18.1 Å². The van der Waals surface area contributed by atoms with Crippen molar-refractivity contribution in [3.05, 3.63) is 47.9 Å². The van der Waals surface area contributed by atoms with Gasteiger partial charge in [0.1, 0.15) is 23.9 Å². The zero-order valence-corrected chi connectivity index (χ0v) is 10.6. The fourth-order valence-electron chi connectivity index (χ4n) is 1.54. The molecule has 0 saturated heterocycles. The quantitative estimate of drug-likeness (QED) is 0.866. The third kappa shape index (κ3) is 3.51. The molecule has 1 aromatic heterocycles. The van der Waals surface area contributed by atoms with Crippen LogP contribution in [0, 0.1) is 0 Å². The molecule has 1 aromatic carbocycles. The molecule has 0 aliphatic rings. The molecule has 0 spiro atoms. The van der Waals surface area contributed by atoms with Gasteiger partial charge in [0.15, 0.2) is 5.76 Å². The summed E-state index contributed by atoms with van der Waals surface area (Å²) in [6.45, 7) is 2.79. The van der Waals surface area contributed by atoms with Crippen LogP contribution in [0.15, 0.2) is 40.8 Å². The van der Waals surface area contributed by atoms with Gasteiger partial charge in [0.05, 0.1) is 6.61 Å². The summed E-state index contributed by atoms with van der Waals surface area (Å²) in [5.41, 5.74) is 5.09. The van der Waals surface area contributed by atoms with E-state index in [9.17, 15) is 4.79 Å². The molecular formula is C14H15NO4. The summed E-state index contributed by atoms with van der Waals surface area (Å²) < 4.78 is 16.0. The molecule has 5 nitrogen and oxygen atoms in total. The molecule has 1 amide bonds. The molecule has 5 heteroatoms. The SMILES string of the molecule is CCOc1ccc(OCc2ccc(C(N)=O)o2)cc1. The Hall–Kier alpha value is -2.43. The van der Waals surface area contributed by atoms with E-state index in [4.69, 9.17) is 19.6 Å². The fourth-order valence-corrected chi connectivity index (χ4v) is 1.54. The first-order valence-electron chi connectivity index (χ1n) is 5.93. The Labute approximate surface area is 110 Å². The molecule has 2 aromatic rings. The monoisotopic (exact) mass is 261 g/mol. The van der Waals surface area contributed by atoms with Crippen LogP contribution in [-0.2, 0) is 6.61 Å². The highest BCUT2D eigenvalue weighted by molar-refractivity contribution is 5.89. The van der Waals surface area contributed by atoms with E-state index in [1.54, 1.807) is 6.07 Å². The van der Waals surface area contributed by atoms with Crippen molar-refractivity contribution >= 4 is 5.91 Å². The highest BCUT2D eigenvalue weighted by atomic mass is 16.5. The average Bonchev–Trinajstić information content (AvgIpc) is 2.87. The summed E-state index contributed by atoms with van der Waals surface area (Å²) in [6.07, 6.45) is 0. The van der Waals surface area contributed by atoms with Gasteiger partial charge in [-0.2, -0.15) is 0 Å². The predicted octanol–water partition coefficient (Wildman–Crippen LogP) is 2.36. The standard InChI is InChI=1S/C14H15NO4/c1-2-17-10-3-5-11(6-4-10)18-9-12-7-8-13(19-12)14(15)16/h3-8H,2,9H2,1H3,(H2,15,16). The van der Waals surface area contributed by atoms with E-state index in [2.05, 4.69) is 0 Å². The minimum atomic E-state index is -0.590. The lowest BCUT2D eigenvalue weighted by Crippen LogP contribution is -2.09. The zero-order valence-electron chi connectivity index (χ0n) is 10.6. The number of amides is 1. The molecule has 2 N–H and O–H groups in total. The van der Waals surface area contributed by atoms with Crippen molar-refractivity contribution in [2.75, 3.05) is 6.61 Å². The van der Waals surface area contributed by atoms with E-state index in [-0.39, 0.29) is 12.4 Å². The Morgan fingerprint density at radius 1 is 1.11 bits per heavy atom. The predicted molar refractivity (Wildman–Crippen MR) is 69.2 cm³/mol. The van der Waals surface area contributed by atoms with Crippen molar-refractivity contribution in [1.29, 1.82) is 0 Å². The zero-order chi connectivity index (χ0) is 13.7. The third-order valence-corrected chi connectivity index (χ3v) is 2.42. The number of carbonyl (C=O) groups excluding carboxylic acids is 1. The van der Waals surface area contributed by atoms with Gasteiger partial charge < -0.3 is 19.6 Å². The number of nitrogens with two attached hydrogens (primary N) is 1. The third-order valence-electron chi connectivity index (χ3n) is 2.42. The summed E-state index contributed by atoms with van der Waals surface area (Å²) in [5, 5.41) is 0. The van der Waals surface area contributed by atoms with Gasteiger partial charge in [-0.15, -0.1) is 0 Å².